The molecular formula is C13H16O2. The van der Waals surface area contributed by atoms with Gasteiger partial charge in [-0.25, -0.2) is 0 Å². The van der Waals surface area contributed by atoms with Crippen LogP contribution in [-0.2, 0) is 16.6 Å². The van der Waals surface area contributed by atoms with Gasteiger partial charge in [-0.15, -0.1) is 0 Å². The number of hydrogen-bond acceptors (Lipinski definition) is 2. The summed E-state index contributed by atoms with van der Waals surface area (Å²) in [6.07, 6.45) is 0.517. The fourth-order valence-corrected chi connectivity index (χ4v) is 1.97. The average molecular weight is 204 g/mol. The second-order valence-electron chi connectivity index (χ2n) is 4.88. The normalized spacial score (nSPS) is 17.0. The van der Waals surface area contributed by atoms with Crippen molar-refractivity contribution in [2.24, 2.45) is 0 Å². The van der Waals surface area contributed by atoms with Crippen molar-refractivity contribution in [2.45, 2.75) is 32.6 Å². The predicted octanol–water partition coefficient (Wildman–Crippen LogP) is 2.49. The van der Waals surface area contributed by atoms with Gasteiger partial charge in [0, 0.05) is 17.4 Å². The summed E-state index contributed by atoms with van der Waals surface area (Å²) in [4.78, 5) is 11.0. The molecule has 0 N–H and O–H groups in total. The lowest BCUT2D eigenvalue weighted by Crippen LogP contribution is -2.18. The Morgan fingerprint density at radius 2 is 2.20 bits per heavy atom. The van der Waals surface area contributed by atoms with Crippen molar-refractivity contribution in [3.8, 4) is 5.75 Å². The highest BCUT2D eigenvalue weighted by Gasteiger charge is 2.31. The van der Waals surface area contributed by atoms with Crippen molar-refractivity contribution < 1.29 is 9.53 Å². The van der Waals surface area contributed by atoms with Gasteiger partial charge >= 0.3 is 0 Å². The van der Waals surface area contributed by atoms with Crippen molar-refractivity contribution >= 4 is 5.78 Å². The highest BCUT2D eigenvalue weighted by Crippen LogP contribution is 2.38. The third-order valence-corrected chi connectivity index (χ3v) is 2.81. The van der Waals surface area contributed by atoms with Crippen molar-refractivity contribution in [1.82, 2.24) is 0 Å². The van der Waals surface area contributed by atoms with E-state index >= 15 is 0 Å². The van der Waals surface area contributed by atoms with E-state index in [1.807, 2.05) is 12.1 Å². The zero-order valence-corrected chi connectivity index (χ0v) is 9.46. The molecule has 15 heavy (non-hydrogen) atoms. The molecule has 0 aliphatic carbocycles. The largest absolute Gasteiger partial charge is 0.492 e. The number of carbonyl (C=O) groups excluding carboxylic acids is 1. The van der Waals surface area contributed by atoms with Crippen molar-refractivity contribution in [2.75, 3.05) is 6.61 Å². The van der Waals surface area contributed by atoms with Crippen molar-refractivity contribution in [3.05, 3.63) is 29.3 Å². The summed E-state index contributed by atoms with van der Waals surface area (Å²) in [6, 6.07) is 6.05. The van der Waals surface area contributed by atoms with Crippen LogP contribution in [0.25, 0.3) is 0 Å². The fourth-order valence-electron chi connectivity index (χ4n) is 1.97. The molecule has 0 saturated heterocycles. The molecule has 1 aromatic carbocycles. The summed E-state index contributed by atoms with van der Waals surface area (Å²) < 4.78 is 5.59. The molecule has 0 saturated carbocycles. The summed E-state index contributed by atoms with van der Waals surface area (Å²) in [6.45, 7) is 6.67. The van der Waals surface area contributed by atoms with E-state index in [0.717, 1.165) is 17.9 Å². The van der Waals surface area contributed by atoms with Crippen LogP contribution in [0.4, 0.5) is 0 Å². The number of ketones is 1. The standard InChI is InChI=1S/C13H16O2/c1-9(14)6-10-4-5-12-11(7-10)13(2,3)8-15-12/h4-5,7H,6,8H2,1-3H3. The van der Waals surface area contributed by atoms with Gasteiger partial charge in [-0.1, -0.05) is 26.0 Å². The Hall–Kier alpha value is -1.31. The van der Waals surface area contributed by atoms with E-state index in [4.69, 9.17) is 4.74 Å². The molecule has 0 atom stereocenters. The molecule has 0 unspecified atom stereocenters. The van der Waals surface area contributed by atoms with Crippen LogP contribution >= 0.6 is 0 Å². The van der Waals surface area contributed by atoms with Crippen LogP contribution in [0.3, 0.4) is 0 Å². The molecule has 0 radical (unpaired) electrons. The van der Waals surface area contributed by atoms with Crippen LogP contribution < -0.4 is 4.74 Å². The van der Waals surface area contributed by atoms with E-state index in [2.05, 4.69) is 19.9 Å². The zero-order chi connectivity index (χ0) is 11.1. The van der Waals surface area contributed by atoms with Gasteiger partial charge in [0.2, 0.25) is 0 Å². The number of benzene rings is 1. The zero-order valence-electron chi connectivity index (χ0n) is 9.46. The molecule has 0 spiro atoms. The molecule has 80 valence electrons. The lowest BCUT2D eigenvalue weighted by atomic mass is 9.86. The van der Waals surface area contributed by atoms with Gasteiger partial charge in [0.15, 0.2) is 0 Å². The first-order valence-electron chi connectivity index (χ1n) is 5.25. The summed E-state index contributed by atoms with van der Waals surface area (Å²) in [5.74, 6) is 1.17. The molecule has 2 heteroatoms. The Labute approximate surface area is 90.3 Å². The lowest BCUT2D eigenvalue weighted by Gasteiger charge is -2.15. The maximum Gasteiger partial charge on any atom is 0.134 e. The van der Waals surface area contributed by atoms with E-state index in [1.165, 1.54) is 5.56 Å². The minimum atomic E-state index is 0.0716. The first-order chi connectivity index (χ1) is 6.99. The third kappa shape index (κ3) is 1.89. The monoisotopic (exact) mass is 204 g/mol. The fraction of sp³-hybridized carbons (Fsp3) is 0.462. The number of Topliss-reactive ketones (excluding diaryl/α,β-unsaturated/α-hetero) is 1. The summed E-state index contributed by atoms with van der Waals surface area (Å²) in [5.41, 5.74) is 2.38. The van der Waals surface area contributed by atoms with Gasteiger partial charge < -0.3 is 4.74 Å². The molecule has 2 nitrogen and oxygen atoms in total. The molecule has 0 fully saturated rings. The molecule has 0 bridgehead atoms. The molecular weight excluding hydrogens is 188 g/mol. The minimum Gasteiger partial charge on any atom is -0.492 e. The Morgan fingerprint density at radius 1 is 1.47 bits per heavy atom. The van der Waals surface area contributed by atoms with Gasteiger partial charge in [-0.3, -0.25) is 4.79 Å². The van der Waals surface area contributed by atoms with E-state index in [1.54, 1.807) is 6.92 Å². The molecule has 0 amide bonds. The average Bonchev–Trinajstić information content (AvgIpc) is 2.42. The minimum absolute atomic E-state index is 0.0716. The van der Waals surface area contributed by atoms with Crippen LogP contribution in [0.15, 0.2) is 18.2 Å². The molecule has 0 aromatic heterocycles. The van der Waals surface area contributed by atoms with Crippen LogP contribution in [0.2, 0.25) is 0 Å². The summed E-state index contributed by atoms with van der Waals surface area (Å²) in [7, 11) is 0. The highest BCUT2D eigenvalue weighted by atomic mass is 16.5. The second-order valence-corrected chi connectivity index (χ2v) is 4.88. The van der Waals surface area contributed by atoms with Crippen molar-refractivity contribution in [1.29, 1.82) is 0 Å². The van der Waals surface area contributed by atoms with Crippen LogP contribution in [0, 0.1) is 0 Å². The topological polar surface area (TPSA) is 26.3 Å². The Kier molecular flexibility index (Phi) is 2.29. The van der Waals surface area contributed by atoms with E-state index < -0.39 is 0 Å². The van der Waals surface area contributed by atoms with Crippen LogP contribution in [0.5, 0.6) is 5.75 Å². The van der Waals surface area contributed by atoms with E-state index in [0.29, 0.717) is 6.42 Å². The van der Waals surface area contributed by atoms with Crippen LogP contribution in [0.1, 0.15) is 31.9 Å². The second kappa shape index (κ2) is 3.37. The number of carbonyl (C=O) groups is 1. The summed E-state index contributed by atoms with van der Waals surface area (Å²) >= 11 is 0. The predicted molar refractivity (Wildman–Crippen MR) is 59.3 cm³/mol. The van der Waals surface area contributed by atoms with Gasteiger partial charge in [-0.2, -0.15) is 0 Å². The first-order valence-corrected chi connectivity index (χ1v) is 5.25. The smallest absolute Gasteiger partial charge is 0.134 e. The molecule has 1 aliphatic heterocycles. The number of rotatable bonds is 2. The van der Waals surface area contributed by atoms with Gasteiger partial charge in [-0.05, 0) is 18.6 Å². The molecule has 2 rings (SSSR count). The van der Waals surface area contributed by atoms with Gasteiger partial charge in [0.25, 0.3) is 0 Å². The number of ether oxygens (including phenoxy) is 1. The van der Waals surface area contributed by atoms with Crippen molar-refractivity contribution in [3.63, 3.8) is 0 Å². The van der Waals surface area contributed by atoms with Gasteiger partial charge in [0.05, 0.1) is 6.61 Å². The Bertz CT molecular complexity index is 405. The Balaban J connectivity index is 2.37. The van der Waals surface area contributed by atoms with Gasteiger partial charge in [0.1, 0.15) is 11.5 Å². The summed E-state index contributed by atoms with van der Waals surface area (Å²) in [5, 5.41) is 0. The maximum atomic E-state index is 11.0. The maximum absolute atomic E-state index is 11.0. The molecule has 1 heterocycles. The lowest BCUT2D eigenvalue weighted by molar-refractivity contribution is -0.116. The molecule has 1 aromatic rings. The molecule has 1 aliphatic rings. The number of fused-ring (bicyclic) bond motifs is 1. The SMILES string of the molecule is CC(=O)Cc1ccc2c(c1)C(C)(C)CO2. The van der Waals surface area contributed by atoms with E-state index in [9.17, 15) is 4.79 Å². The van der Waals surface area contributed by atoms with Crippen LogP contribution in [-0.4, -0.2) is 12.4 Å². The number of hydrogen-bond donors (Lipinski definition) is 0. The highest BCUT2D eigenvalue weighted by molar-refractivity contribution is 5.78. The quantitative estimate of drug-likeness (QED) is 0.739. The first kappa shape index (κ1) is 10.2. The third-order valence-electron chi connectivity index (χ3n) is 2.81. The Morgan fingerprint density at radius 3 is 2.87 bits per heavy atom. The van der Waals surface area contributed by atoms with E-state index in [-0.39, 0.29) is 11.2 Å².